The molecule has 0 aromatic carbocycles. The van der Waals surface area contributed by atoms with Crippen LogP contribution in [0.15, 0.2) is 12.1 Å². The summed E-state index contributed by atoms with van der Waals surface area (Å²) in [6.45, 7) is 2.00. The lowest BCUT2D eigenvalue weighted by Gasteiger charge is -1.95. The fourth-order valence-corrected chi connectivity index (χ4v) is 0.951. The van der Waals surface area contributed by atoms with Crippen molar-refractivity contribution in [1.29, 1.82) is 0 Å². The molecule has 0 spiro atoms. The van der Waals surface area contributed by atoms with Gasteiger partial charge in [-0.2, -0.15) is 0 Å². The number of rotatable bonds is 1. The number of carbonyl (C=O) groups excluding carboxylic acids is 1. The van der Waals surface area contributed by atoms with Crippen molar-refractivity contribution >= 4 is 23.3 Å². The van der Waals surface area contributed by atoms with Gasteiger partial charge < -0.3 is 10.5 Å². The van der Waals surface area contributed by atoms with E-state index in [1.54, 1.807) is 19.1 Å². The Morgan fingerprint density at radius 2 is 2.40 bits per heavy atom. The summed E-state index contributed by atoms with van der Waals surface area (Å²) < 4.78 is 4.62. The van der Waals surface area contributed by atoms with Crippen LogP contribution < -0.4 is 5.73 Å². The van der Waals surface area contributed by atoms with Crippen LogP contribution in [0.3, 0.4) is 0 Å². The molecule has 1 rings (SSSR count). The Morgan fingerprint density at radius 1 is 1.67 bits per heavy atom. The van der Waals surface area contributed by atoms with Crippen LogP contribution in [0.25, 0.3) is 0 Å². The Kier molecular flexibility index (Phi) is 3.95. The number of esters is 1. The molecule has 0 saturated heterocycles. The van der Waals surface area contributed by atoms with E-state index in [1.165, 1.54) is 0 Å². The molecule has 0 aliphatic rings. The number of hydrogen-bond donors (Lipinski definition) is 1. The Morgan fingerprint density at radius 3 is 3.00 bits per heavy atom. The maximum absolute atomic E-state index is 10.9. The van der Waals surface area contributed by atoms with Gasteiger partial charge in [0.05, 0.1) is 12.3 Å². The minimum atomic E-state index is -0.591. The van der Waals surface area contributed by atoms with Crippen LogP contribution in [-0.4, -0.2) is 17.6 Å². The van der Waals surface area contributed by atoms with Gasteiger partial charge >= 0.3 is 5.97 Å². The molecule has 0 amide bonds. The molecule has 5 heteroatoms. The number of ether oxygens (including phenoxy) is 1. The van der Waals surface area contributed by atoms with E-state index in [4.69, 9.17) is 17.3 Å². The van der Waals surface area contributed by atoms with Gasteiger partial charge in [-0.05, 0) is 25.0 Å². The van der Waals surface area contributed by atoms with Gasteiger partial charge in [-0.25, -0.2) is 9.78 Å². The van der Waals surface area contributed by atoms with Gasteiger partial charge in [-0.15, -0.1) is 0 Å². The summed E-state index contributed by atoms with van der Waals surface area (Å²) in [4.78, 5) is 14.8. The average Bonchev–Trinajstić information content (AvgIpc) is 2.20. The van der Waals surface area contributed by atoms with Crippen molar-refractivity contribution in [2.45, 2.75) is 6.92 Å². The van der Waals surface area contributed by atoms with Crippen molar-refractivity contribution in [2.75, 3.05) is 12.3 Å². The summed E-state index contributed by atoms with van der Waals surface area (Å²) in [6, 6.07) is 3.15. The fourth-order valence-electron chi connectivity index (χ4n) is 0.797. The molecule has 0 aliphatic heterocycles. The van der Waals surface area contributed by atoms with Crippen molar-refractivity contribution in [1.82, 2.24) is 4.98 Å². The molecule has 78 valence electrons. The van der Waals surface area contributed by atoms with Crippen LogP contribution in [0, 0.1) is 11.8 Å². The maximum Gasteiger partial charge on any atom is 0.384 e. The summed E-state index contributed by atoms with van der Waals surface area (Å²) in [5, 5.41) is 0.172. The quantitative estimate of drug-likeness (QED) is 0.443. The predicted molar refractivity (Wildman–Crippen MR) is 57.2 cm³/mol. The third kappa shape index (κ3) is 3.49. The smallest absolute Gasteiger partial charge is 0.384 e. The molecular formula is C10H9ClN2O2. The van der Waals surface area contributed by atoms with Crippen molar-refractivity contribution in [3.8, 4) is 11.8 Å². The summed E-state index contributed by atoms with van der Waals surface area (Å²) in [6.07, 6.45) is 0. The highest BCUT2D eigenvalue weighted by Gasteiger charge is 1.98. The van der Waals surface area contributed by atoms with E-state index in [0.717, 1.165) is 0 Å². The van der Waals surface area contributed by atoms with E-state index in [-0.39, 0.29) is 5.15 Å². The molecule has 2 N–H and O–H groups in total. The molecule has 0 saturated carbocycles. The largest absolute Gasteiger partial charge is 0.456 e. The number of hydrogen-bond acceptors (Lipinski definition) is 4. The lowest BCUT2D eigenvalue weighted by Crippen LogP contribution is -2.00. The summed E-state index contributed by atoms with van der Waals surface area (Å²) >= 11 is 5.67. The molecule has 1 aromatic rings. The van der Waals surface area contributed by atoms with Crippen molar-refractivity contribution < 1.29 is 9.53 Å². The van der Waals surface area contributed by atoms with Gasteiger partial charge in [0.2, 0.25) is 0 Å². The van der Waals surface area contributed by atoms with Crippen LogP contribution in [0.4, 0.5) is 5.69 Å². The zero-order chi connectivity index (χ0) is 11.3. The van der Waals surface area contributed by atoms with Gasteiger partial charge in [-0.1, -0.05) is 11.6 Å². The van der Waals surface area contributed by atoms with Crippen LogP contribution in [0.1, 0.15) is 12.6 Å². The summed E-state index contributed by atoms with van der Waals surface area (Å²) in [5.41, 5.74) is 6.21. The van der Waals surface area contributed by atoms with Crippen LogP contribution in [-0.2, 0) is 9.53 Å². The number of nitrogen functional groups attached to an aromatic ring is 1. The van der Waals surface area contributed by atoms with Gasteiger partial charge in [-0.3, -0.25) is 0 Å². The van der Waals surface area contributed by atoms with E-state index in [1.807, 2.05) is 0 Å². The molecular weight excluding hydrogens is 216 g/mol. The molecule has 0 aliphatic carbocycles. The summed E-state index contributed by atoms with van der Waals surface area (Å²) in [5.74, 6) is 4.20. The highest BCUT2D eigenvalue weighted by Crippen LogP contribution is 2.14. The predicted octanol–water partition coefficient (Wildman–Crippen LogP) is 1.23. The minimum Gasteiger partial charge on any atom is -0.456 e. The van der Waals surface area contributed by atoms with Gasteiger partial charge in [0, 0.05) is 5.92 Å². The molecule has 0 atom stereocenters. The Hall–Kier alpha value is -1.73. The zero-order valence-electron chi connectivity index (χ0n) is 8.08. The van der Waals surface area contributed by atoms with Gasteiger partial charge in [0.25, 0.3) is 0 Å². The lowest BCUT2D eigenvalue weighted by atomic mass is 10.3. The number of pyridine rings is 1. The van der Waals surface area contributed by atoms with E-state index in [0.29, 0.717) is 18.0 Å². The highest BCUT2D eigenvalue weighted by atomic mass is 35.5. The first-order chi connectivity index (χ1) is 7.13. The second kappa shape index (κ2) is 5.23. The molecule has 0 bridgehead atoms. The molecule has 0 fully saturated rings. The second-order valence-electron chi connectivity index (χ2n) is 2.55. The van der Waals surface area contributed by atoms with Crippen molar-refractivity contribution in [3.63, 3.8) is 0 Å². The van der Waals surface area contributed by atoms with Crippen LogP contribution >= 0.6 is 11.6 Å². The number of carbonyl (C=O) groups is 1. The number of anilines is 1. The third-order valence-corrected chi connectivity index (χ3v) is 1.75. The minimum absolute atomic E-state index is 0.172. The van der Waals surface area contributed by atoms with Crippen molar-refractivity contribution in [2.24, 2.45) is 0 Å². The Labute approximate surface area is 92.4 Å². The van der Waals surface area contributed by atoms with E-state index in [2.05, 4.69) is 21.6 Å². The summed E-state index contributed by atoms with van der Waals surface area (Å²) in [7, 11) is 0. The highest BCUT2D eigenvalue weighted by molar-refractivity contribution is 6.31. The second-order valence-corrected chi connectivity index (χ2v) is 2.91. The van der Waals surface area contributed by atoms with Gasteiger partial charge in [0.15, 0.2) is 5.15 Å². The van der Waals surface area contributed by atoms with E-state index < -0.39 is 5.97 Å². The first-order valence-corrected chi connectivity index (χ1v) is 4.62. The SMILES string of the molecule is CCOC(=O)C#Cc1ccc(N)c(Cl)n1. The Bertz CT molecular complexity index is 435. The van der Waals surface area contributed by atoms with Crippen LogP contribution in [0.5, 0.6) is 0 Å². The monoisotopic (exact) mass is 224 g/mol. The average molecular weight is 225 g/mol. The van der Waals surface area contributed by atoms with Crippen molar-refractivity contribution in [3.05, 3.63) is 23.0 Å². The lowest BCUT2D eigenvalue weighted by molar-refractivity contribution is -0.136. The number of nitrogens with two attached hydrogens (primary N) is 1. The fraction of sp³-hybridized carbons (Fsp3) is 0.200. The van der Waals surface area contributed by atoms with E-state index in [9.17, 15) is 4.79 Å². The Balaban J connectivity index is 2.80. The number of halogens is 1. The van der Waals surface area contributed by atoms with Crippen LogP contribution in [0.2, 0.25) is 5.15 Å². The first kappa shape index (κ1) is 11.3. The first-order valence-electron chi connectivity index (χ1n) is 4.24. The number of aromatic nitrogens is 1. The topological polar surface area (TPSA) is 65.2 Å². The van der Waals surface area contributed by atoms with E-state index >= 15 is 0 Å². The molecule has 0 unspecified atom stereocenters. The zero-order valence-corrected chi connectivity index (χ0v) is 8.84. The molecule has 1 aromatic heterocycles. The molecule has 1 heterocycles. The third-order valence-electron chi connectivity index (χ3n) is 1.45. The standard InChI is InChI=1S/C10H9ClN2O2/c1-2-15-9(14)6-4-7-3-5-8(12)10(11)13-7/h3,5H,2,12H2,1H3. The maximum atomic E-state index is 10.9. The molecule has 4 nitrogen and oxygen atoms in total. The normalized spacial score (nSPS) is 8.93. The van der Waals surface area contributed by atoms with Gasteiger partial charge in [0.1, 0.15) is 5.69 Å². The molecule has 0 radical (unpaired) electrons. The number of nitrogens with zero attached hydrogens (tertiary/aromatic N) is 1. The molecule has 15 heavy (non-hydrogen) atoms.